The van der Waals surface area contributed by atoms with E-state index in [0.29, 0.717) is 5.88 Å². The molecule has 4 nitrogen and oxygen atoms in total. The number of benzene rings is 1. The summed E-state index contributed by atoms with van der Waals surface area (Å²) in [5.41, 5.74) is 3.03. The molecule has 0 fully saturated rings. The van der Waals surface area contributed by atoms with Gasteiger partial charge >= 0.3 is 0 Å². The number of ether oxygens (including phenoxy) is 1. The molecule has 0 saturated heterocycles. The van der Waals surface area contributed by atoms with Crippen molar-refractivity contribution in [2.45, 2.75) is 20.4 Å². The second-order valence-electron chi connectivity index (χ2n) is 4.16. The predicted octanol–water partition coefficient (Wildman–Crippen LogP) is 2.61. The Bertz CT molecular complexity index is 523. The van der Waals surface area contributed by atoms with Gasteiger partial charge in [-0.3, -0.25) is 4.98 Å². The molecule has 94 valence electrons. The van der Waals surface area contributed by atoms with E-state index >= 15 is 0 Å². The van der Waals surface area contributed by atoms with Gasteiger partial charge in [0.25, 0.3) is 0 Å². The lowest BCUT2D eigenvalue weighted by Crippen LogP contribution is -2.04. The third-order valence-electron chi connectivity index (χ3n) is 2.70. The maximum atomic E-state index is 5.65. The van der Waals surface area contributed by atoms with E-state index < -0.39 is 0 Å². The molecule has 1 aromatic carbocycles. The molecule has 1 heterocycles. The summed E-state index contributed by atoms with van der Waals surface area (Å²) in [7, 11) is 1.93. The van der Waals surface area contributed by atoms with Gasteiger partial charge in [-0.05, 0) is 38.6 Å². The zero-order valence-corrected chi connectivity index (χ0v) is 10.9. The summed E-state index contributed by atoms with van der Waals surface area (Å²) < 4.78 is 5.65. The molecule has 0 amide bonds. The van der Waals surface area contributed by atoms with Crippen LogP contribution in [0.5, 0.6) is 11.6 Å². The van der Waals surface area contributed by atoms with Crippen molar-refractivity contribution >= 4 is 0 Å². The number of hydrogen-bond donors (Lipinski definition) is 1. The van der Waals surface area contributed by atoms with Gasteiger partial charge in [-0.15, -0.1) is 0 Å². The zero-order valence-electron chi connectivity index (χ0n) is 10.9. The van der Waals surface area contributed by atoms with Crippen LogP contribution >= 0.6 is 0 Å². The molecule has 0 aliphatic carbocycles. The van der Waals surface area contributed by atoms with Crippen LogP contribution in [0.25, 0.3) is 0 Å². The number of rotatable bonds is 4. The fourth-order valence-corrected chi connectivity index (χ4v) is 1.57. The smallest absolute Gasteiger partial charge is 0.238 e. The molecule has 2 rings (SSSR count). The number of nitrogens with one attached hydrogen (secondary N) is 1. The highest BCUT2D eigenvalue weighted by Gasteiger charge is 2.02. The van der Waals surface area contributed by atoms with Crippen molar-refractivity contribution in [3.8, 4) is 11.6 Å². The molecule has 0 aliphatic heterocycles. The second-order valence-corrected chi connectivity index (χ2v) is 4.16. The molecular formula is C14H17N3O. The standard InChI is InChI=1S/C14H17N3O/c1-10-11(2)17-14(9-16-10)18-13-6-4-12(5-7-13)8-15-3/h4-7,9,15H,8H2,1-3H3. The SMILES string of the molecule is CNCc1ccc(Oc2cnc(C)c(C)n2)cc1. The summed E-state index contributed by atoms with van der Waals surface area (Å²) in [5, 5.41) is 3.10. The van der Waals surface area contributed by atoms with Gasteiger partial charge in [-0.1, -0.05) is 12.1 Å². The Morgan fingerprint density at radius 2 is 1.83 bits per heavy atom. The third-order valence-corrected chi connectivity index (χ3v) is 2.70. The quantitative estimate of drug-likeness (QED) is 0.896. The Hall–Kier alpha value is -1.94. The molecule has 0 bridgehead atoms. The number of nitrogens with zero attached hydrogens (tertiary/aromatic N) is 2. The highest BCUT2D eigenvalue weighted by molar-refractivity contribution is 5.30. The van der Waals surface area contributed by atoms with Gasteiger partial charge in [-0.25, -0.2) is 4.98 Å². The first-order valence-corrected chi connectivity index (χ1v) is 5.90. The Morgan fingerprint density at radius 3 is 2.44 bits per heavy atom. The lowest BCUT2D eigenvalue weighted by Gasteiger charge is -2.07. The summed E-state index contributed by atoms with van der Waals surface area (Å²) in [6.07, 6.45) is 1.64. The molecular weight excluding hydrogens is 226 g/mol. The van der Waals surface area contributed by atoms with E-state index in [2.05, 4.69) is 15.3 Å². The second kappa shape index (κ2) is 5.60. The average Bonchev–Trinajstić information content (AvgIpc) is 2.37. The van der Waals surface area contributed by atoms with Gasteiger partial charge < -0.3 is 10.1 Å². The Kier molecular flexibility index (Phi) is 3.89. The molecule has 0 aliphatic rings. The van der Waals surface area contributed by atoms with Crippen molar-refractivity contribution in [1.29, 1.82) is 0 Å². The number of aromatic nitrogens is 2. The third kappa shape index (κ3) is 3.05. The minimum absolute atomic E-state index is 0.527. The molecule has 1 aromatic heterocycles. The van der Waals surface area contributed by atoms with Crippen LogP contribution in [0.3, 0.4) is 0 Å². The average molecular weight is 243 g/mol. The molecule has 18 heavy (non-hydrogen) atoms. The van der Waals surface area contributed by atoms with E-state index in [-0.39, 0.29) is 0 Å². The van der Waals surface area contributed by atoms with Crippen LogP contribution in [-0.2, 0) is 6.54 Å². The highest BCUT2D eigenvalue weighted by atomic mass is 16.5. The first-order chi connectivity index (χ1) is 8.69. The monoisotopic (exact) mass is 243 g/mol. The van der Waals surface area contributed by atoms with Crippen LogP contribution in [0.2, 0.25) is 0 Å². The molecule has 0 saturated carbocycles. The maximum absolute atomic E-state index is 5.65. The van der Waals surface area contributed by atoms with E-state index in [1.807, 2.05) is 45.2 Å². The van der Waals surface area contributed by atoms with Gasteiger partial charge in [0.15, 0.2) is 0 Å². The van der Waals surface area contributed by atoms with E-state index in [0.717, 1.165) is 23.7 Å². The summed E-state index contributed by atoms with van der Waals surface area (Å²) in [5.74, 6) is 1.30. The fourth-order valence-electron chi connectivity index (χ4n) is 1.57. The van der Waals surface area contributed by atoms with Crippen molar-refractivity contribution < 1.29 is 4.74 Å². The Labute approximate surface area is 107 Å². The van der Waals surface area contributed by atoms with Crippen molar-refractivity contribution in [1.82, 2.24) is 15.3 Å². The van der Waals surface area contributed by atoms with Crippen LogP contribution in [0, 0.1) is 13.8 Å². The van der Waals surface area contributed by atoms with Crippen molar-refractivity contribution in [3.63, 3.8) is 0 Å². The summed E-state index contributed by atoms with van der Waals surface area (Å²) in [4.78, 5) is 8.55. The minimum atomic E-state index is 0.527. The zero-order chi connectivity index (χ0) is 13.0. The van der Waals surface area contributed by atoms with Crippen LogP contribution < -0.4 is 10.1 Å². The van der Waals surface area contributed by atoms with Crippen molar-refractivity contribution in [2.75, 3.05) is 7.05 Å². The van der Waals surface area contributed by atoms with Crippen LogP contribution in [0.4, 0.5) is 0 Å². The molecule has 0 radical (unpaired) electrons. The van der Waals surface area contributed by atoms with E-state index in [1.54, 1.807) is 6.20 Å². The Morgan fingerprint density at radius 1 is 1.11 bits per heavy atom. The molecule has 0 spiro atoms. The minimum Gasteiger partial charge on any atom is -0.437 e. The molecule has 4 heteroatoms. The topological polar surface area (TPSA) is 47.0 Å². The maximum Gasteiger partial charge on any atom is 0.238 e. The van der Waals surface area contributed by atoms with Crippen molar-refractivity contribution in [3.05, 3.63) is 47.4 Å². The predicted molar refractivity (Wildman–Crippen MR) is 70.8 cm³/mol. The summed E-state index contributed by atoms with van der Waals surface area (Å²) in [6.45, 7) is 4.70. The summed E-state index contributed by atoms with van der Waals surface area (Å²) in [6, 6.07) is 7.92. The first kappa shape index (κ1) is 12.5. The lowest BCUT2D eigenvalue weighted by molar-refractivity contribution is 0.458. The molecule has 2 aromatic rings. The summed E-state index contributed by atoms with van der Waals surface area (Å²) >= 11 is 0. The first-order valence-electron chi connectivity index (χ1n) is 5.90. The fraction of sp³-hybridized carbons (Fsp3) is 0.286. The van der Waals surface area contributed by atoms with Gasteiger partial charge in [0.1, 0.15) is 5.75 Å². The van der Waals surface area contributed by atoms with Gasteiger partial charge in [0, 0.05) is 6.54 Å². The van der Waals surface area contributed by atoms with Gasteiger partial charge in [-0.2, -0.15) is 0 Å². The van der Waals surface area contributed by atoms with Crippen LogP contribution in [0.1, 0.15) is 17.0 Å². The van der Waals surface area contributed by atoms with Crippen LogP contribution in [0.15, 0.2) is 30.5 Å². The van der Waals surface area contributed by atoms with E-state index in [9.17, 15) is 0 Å². The largest absolute Gasteiger partial charge is 0.437 e. The van der Waals surface area contributed by atoms with Gasteiger partial charge in [0.2, 0.25) is 5.88 Å². The molecule has 1 N–H and O–H groups in total. The highest BCUT2D eigenvalue weighted by Crippen LogP contribution is 2.19. The lowest BCUT2D eigenvalue weighted by atomic mass is 10.2. The van der Waals surface area contributed by atoms with Crippen molar-refractivity contribution in [2.24, 2.45) is 0 Å². The van der Waals surface area contributed by atoms with Crippen LogP contribution in [-0.4, -0.2) is 17.0 Å². The molecule has 0 unspecified atom stereocenters. The van der Waals surface area contributed by atoms with E-state index in [1.165, 1.54) is 5.56 Å². The normalized spacial score (nSPS) is 10.4. The van der Waals surface area contributed by atoms with Gasteiger partial charge in [0.05, 0.1) is 17.6 Å². The number of hydrogen-bond acceptors (Lipinski definition) is 4. The Balaban J connectivity index is 2.10. The number of aryl methyl sites for hydroxylation is 2. The molecule has 0 atom stereocenters. The van der Waals surface area contributed by atoms with E-state index in [4.69, 9.17) is 4.74 Å².